The van der Waals surface area contributed by atoms with E-state index in [0.29, 0.717) is 12.0 Å². The van der Waals surface area contributed by atoms with Gasteiger partial charge in [-0.3, -0.25) is 9.36 Å². The summed E-state index contributed by atoms with van der Waals surface area (Å²) < 4.78 is 1.98. The Labute approximate surface area is 177 Å². The van der Waals surface area contributed by atoms with Gasteiger partial charge in [-0.2, -0.15) is 4.98 Å². The van der Waals surface area contributed by atoms with E-state index < -0.39 is 0 Å². The fraction of sp³-hybridized carbons (Fsp3) is 0.480. The van der Waals surface area contributed by atoms with Crippen molar-refractivity contribution in [2.24, 2.45) is 0 Å². The number of hydrogen-bond donors (Lipinski definition) is 1. The molecule has 2 aliphatic carbocycles. The first-order chi connectivity index (χ1) is 14.7. The van der Waals surface area contributed by atoms with Gasteiger partial charge in [0.2, 0.25) is 5.95 Å². The third-order valence-corrected chi connectivity index (χ3v) is 6.95. The summed E-state index contributed by atoms with van der Waals surface area (Å²) in [6.07, 6.45) is 11.2. The molecule has 3 aromatic rings. The number of rotatable bonds is 5. The van der Waals surface area contributed by atoms with E-state index in [2.05, 4.69) is 29.4 Å². The van der Waals surface area contributed by atoms with Crippen LogP contribution in [0.2, 0.25) is 0 Å². The van der Waals surface area contributed by atoms with Crippen LogP contribution in [0.25, 0.3) is 11.0 Å². The number of nitrogens with zero attached hydrogens (tertiary/aromatic N) is 3. The molecule has 0 aliphatic heterocycles. The molecule has 2 aliphatic rings. The fourth-order valence-electron chi connectivity index (χ4n) is 5.20. The van der Waals surface area contributed by atoms with Gasteiger partial charge in [0, 0.05) is 35.1 Å². The van der Waals surface area contributed by atoms with Crippen LogP contribution in [0.4, 0.5) is 5.95 Å². The van der Waals surface area contributed by atoms with E-state index in [4.69, 9.17) is 4.98 Å². The first-order valence-corrected chi connectivity index (χ1v) is 11.4. The van der Waals surface area contributed by atoms with Gasteiger partial charge in [0.15, 0.2) is 0 Å². The van der Waals surface area contributed by atoms with Crippen molar-refractivity contribution in [3.8, 4) is 0 Å². The Morgan fingerprint density at radius 2 is 1.73 bits per heavy atom. The zero-order valence-corrected chi connectivity index (χ0v) is 17.7. The highest BCUT2D eigenvalue weighted by Gasteiger charge is 2.25. The van der Waals surface area contributed by atoms with Crippen molar-refractivity contribution in [2.45, 2.75) is 76.3 Å². The molecule has 0 amide bonds. The van der Waals surface area contributed by atoms with Crippen molar-refractivity contribution in [1.29, 1.82) is 0 Å². The minimum Gasteiger partial charge on any atom is -0.351 e. The number of pyridine rings is 1. The quantitative estimate of drug-likeness (QED) is 0.620. The van der Waals surface area contributed by atoms with Gasteiger partial charge in [0.05, 0.1) is 0 Å². The molecule has 0 spiro atoms. The van der Waals surface area contributed by atoms with Crippen LogP contribution >= 0.6 is 0 Å². The summed E-state index contributed by atoms with van der Waals surface area (Å²) in [5, 5.41) is 4.45. The largest absolute Gasteiger partial charge is 0.351 e. The van der Waals surface area contributed by atoms with Crippen LogP contribution in [0, 0.1) is 0 Å². The third kappa shape index (κ3) is 3.62. The first kappa shape index (κ1) is 19.3. The predicted octanol–water partition coefficient (Wildman–Crippen LogP) is 5.41. The van der Waals surface area contributed by atoms with E-state index in [0.717, 1.165) is 35.0 Å². The number of fused-ring (bicyclic) bond motifs is 1. The van der Waals surface area contributed by atoms with E-state index in [9.17, 15) is 4.79 Å². The molecule has 0 radical (unpaired) electrons. The highest BCUT2D eigenvalue weighted by molar-refractivity contribution is 5.76. The molecule has 5 rings (SSSR count). The van der Waals surface area contributed by atoms with Crippen molar-refractivity contribution < 1.29 is 0 Å². The van der Waals surface area contributed by atoms with Crippen LogP contribution < -0.4 is 10.9 Å². The maximum atomic E-state index is 13.7. The van der Waals surface area contributed by atoms with Gasteiger partial charge in [-0.05, 0) is 37.3 Å². The Bertz CT molecular complexity index is 1080. The maximum Gasteiger partial charge on any atom is 0.256 e. The monoisotopic (exact) mass is 402 g/mol. The lowest BCUT2D eigenvalue weighted by molar-refractivity contribution is 0.511. The molecule has 0 bridgehead atoms. The molecule has 2 heterocycles. The molecular weight excluding hydrogens is 372 g/mol. The zero-order chi connectivity index (χ0) is 20.5. The van der Waals surface area contributed by atoms with Gasteiger partial charge in [-0.1, -0.05) is 62.9 Å². The molecule has 1 aromatic carbocycles. The molecule has 156 valence electrons. The third-order valence-electron chi connectivity index (χ3n) is 6.95. The van der Waals surface area contributed by atoms with Crippen LogP contribution in [-0.4, -0.2) is 20.6 Å². The highest BCUT2D eigenvalue weighted by atomic mass is 16.1. The molecule has 2 fully saturated rings. The summed E-state index contributed by atoms with van der Waals surface area (Å²) in [6.45, 7) is 2.12. The predicted molar refractivity (Wildman–Crippen MR) is 121 cm³/mol. The van der Waals surface area contributed by atoms with Gasteiger partial charge in [-0.25, -0.2) is 4.98 Å². The molecule has 2 saturated carbocycles. The molecule has 30 heavy (non-hydrogen) atoms. The van der Waals surface area contributed by atoms with E-state index in [-0.39, 0.29) is 17.5 Å². The molecule has 5 nitrogen and oxygen atoms in total. The Morgan fingerprint density at radius 1 is 1.03 bits per heavy atom. The summed E-state index contributed by atoms with van der Waals surface area (Å²) in [4.78, 5) is 23.2. The lowest BCUT2D eigenvalue weighted by atomic mass is 9.93. The van der Waals surface area contributed by atoms with Gasteiger partial charge >= 0.3 is 0 Å². The highest BCUT2D eigenvalue weighted by Crippen LogP contribution is 2.32. The number of hydrogen-bond acceptors (Lipinski definition) is 4. The molecule has 1 N–H and O–H groups in total. The van der Waals surface area contributed by atoms with E-state index in [1.807, 2.05) is 35.0 Å². The molecule has 2 aromatic heterocycles. The van der Waals surface area contributed by atoms with Crippen molar-refractivity contribution in [2.75, 3.05) is 5.32 Å². The lowest BCUT2D eigenvalue weighted by Crippen LogP contribution is -2.29. The van der Waals surface area contributed by atoms with E-state index in [1.54, 1.807) is 0 Å². The molecule has 5 heteroatoms. The lowest BCUT2D eigenvalue weighted by Gasteiger charge is -2.21. The van der Waals surface area contributed by atoms with Crippen LogP contribution in [0.3, 0.4) is 0 Å². The second kappa shape index (κ2) is 8.21. The average molecular weight is 403 g/mol. The second-order valence-electron chi connectivity index (χ2n) is 8.94. The summed E-state index contributed by atoms with van der Waals surface area (Å²) in [6, 6.07) is 13.0. The molecule has 0 saturated heterocycles. The molecule has 1 atom stereocenters. The summed E-state index contributed by atoms with van der Waals surface area (Å²) in [5.41, 5.74) is 2.88. The number of nitrogens with one attached hydrogen (secondary N) is 1. The van der Waals surface area contributed by atoms with Crippen LogP contribution in [0.1, 0.15) is 81.4 Å². The number of anilines is 1. The van der Waals surface area contributed by atoms with Crippen molar-refractivity contribution in [3.63, 3.8) is 0 Å². The minimum absolute atomic E-state index is 0.0343. The first-order valence-electron chi connectivity index (χ1n) is 11.4. The molecular formula is C25H30N4O. The Hall–Kier alpha value is -2.69. The van der Waals surface area contributed by atoms with Crippen molar-refractivity contribution in [1.82, 2.24) is 14.5 Å². The Balaban J connectivity index is 1.62. The average Bonchev–Trinajstić information content (AvgIpc) is 3.48. The van der Waals surface area contributed by atoms with Gasteiger partial charge < -0.3 is 5.32 Å². The van der Waals surface area contributed by atoms with Crippen molar-refractivity contribution in [3.05, 3.63) is 64.1 Å². The summed E-state index contributed by atoms with van der Waals surface area (Å²) >= 11 is 0. The van der Waals surface area contributed by atoms with Gasteiger partial charge in [0.1, 0.15) is 5.65 Å². The standard InChI is InChI=1S/C25H30N4O/c1-17(18-9-3-2-4-10-18)22-15-19-16-26-25(27-20-11-5-6-12-20)28-23(19)29(24(22)30)21-13-7-8-14-21/h2-4,9-10,15-17,20-21H,5-8,11-14H2,1H3,(H,26,27,28). The smallest absolute Gasteiger partial charge is 0.256 e. The Morgan fingerprint density at radius 3 is 2.47 bits per heavy atom. The van der Waals surface area contributed by atoms with Crippen LogP contribution in [-0.2, 0) is 0 Å². The normalized spacial score (nSPS) is 18.8. The number of aromatic nitrogens is 3. The topological polar surface area (TPSA) is 59.8 Å². The van der Waals surface area contributed by atoms with E-state index >= 15 is 0 Å². The summed E-state index contributed by atoms with van der Waals surface area (Å²) in [5.74, 6) is 0.691. The van der Waals surface area contributed by atoms with Crippen LogP contribution in [0.15, 0.2) is 47.4 Å². The Kier molecular flexibility index (Phi) is 5.28. The summed E-state index contributed by atoms with van der Waals surface area (Å²) in [7, 11) is 0. The fourth-order valence-corrected chi connectivity index (χ4v) is 5.20. The van der Waals surface area contributed by atoms with Crippen LogP contribution in [0.5, 0.6) is 0 Å². The maximum absolute atomic E-state index is 13.7. The SMILES string of the molecule is CC(c1ccccc1)c1cc2cnc(NC3CCCC3)nc2n(C2CCCC2)c1=O. The zero-order valence-electron chi connectivity index (χ0n) is 17.7. The van der Waals surface area contributed by atoms with Gasteiger partial charge in [-0.15, -0.1) is 0 Å². The van der Waals surface area contributed by atoms with E-state index in [1.165, 1.54) is 38.5 Å². The second-order valence-corrected chi connectivity index (χ2v) is 8.94. The van der Waals surface area contributed by atoms with Gasteiger partial charge in [0.25, 0.3) is 5.56 Å². The number of benzene rings is 1. The molecule has 1 unspecified atom stereocenters. The van der Waals surface area contributed by atoms with Crippen molar-refractivity contribution >= 4 is 17.0 Å². The minimum atomic E-state index is 0.0343.